The third kappa shape index (κ3) is 3.75. The van der Waals surface area contributed by atoms with Crippen LogP contribution in [-0.4, -0.2) is 25.0 Å². The van der Waals surface area contributed by atoms with E-state index in [0.29, 0.717) is 5.56 Å². The van der Waals surface area contributed by atoms with Crippen molar-refractivity contribution in [3.63, 3.8) is 0 Å². The van der Waals surface area contributed by atoms with Crippen LogP contribution in [0.2, 0.25) is 10.0 Å². The van der Waals surface area contributed by atoms with Crippen LogP contribution in [0, 0.1) is 0 Å². The van der Waals surface area contributed by atoms with Crippen molar-refractivity contribution in [2.75, 3.05) is 0 Å². The molecule has 1 aromatic carbocycles. The highest BCUT2D eigenvalue weighted by Gasteiger charge is 2.24. The minimum atomic E-state index is -1.15. The van der Waals surface area contributed by atoms with E-state index in [9.17, 15) is 18.8 Å². The maximum Gasteiger partial charge on any atom is 0.349 e. The molecule has 9 nitrogen and oxygen atoms in total. The molecule has 2 N–H and O–H groups in total. The summed E-state index contributed by atoms with van der Waals surface area (Å²) >= 11 is 12.5. The first kappa shape index (κ1) is 20.3. The summed E-state index contributed by atoms with van der Waals surface area (Å²) in [5.74, 6) is 0.312. The number of aromatic nitrogens is 5. The van der Waals surface area contributed by atoms with E-state index >= 15 is 0 Å². The van der Waals surface area contributed by atoms with Crippen LogP contribution >= 0.6 is 23.2 Å². The highest BCUT2D eigenvalue weighted by atomic mass is 35.5. The van der Waals surface area contributed by atoms with Gasteiger partial charge in [-0.05, 0) is 30.9 Å². The molecule has 1 fully saturated rings. The fraction of sp³-hybridized carbons (Fsp3) is 0.278. The van der Waals surface area contributed by atoms with Crippen LogP contribution in [0.4, 0.5) is 4.39 Å². The zero-order chi connectivity index (χ0) is 21.4. The summed E-state index contributed by atoms with van der Waals surface area (Å²) in [7, 11) is 0. The highest BCUT2D eigenvalue weighted by molar-refractivity contribution is 6.37. The number of rotatable bonds is 5. The van der Waals surface area contributed by atoms with Gasteiger partial charge in [-0.25, -0.2) is 14.3 Å². The van der Waals surface area contributed by atoms with E-state index in [0.717, 1.165) is 23.9 Å². The molecule has 30 heavy (non-hydrogen) atoms. The summed E-state index contributed by atoms with van der Waals surface area (Å²) in [6.45, 7) is -1.15. The van der Waals surface area contributed by atoms with E-state index in [1.54, 1.807) is 6.07 Å². The lowest BCUT2D eigenvalue weighted by molar-refractivity contribution is 0.407. The minimum Gasteiger partial charge on any atom is -0.434 e. The fourth-order valence-corrected chi connectivity index (χ4v) is 3.60. The molecular formula is C18H14Cl2FN5O4. The number of benzene rings is 1. The Labute approximate surface area is 177 Å². The van der Waals surface area contributed by atoms with Gasteiger partial charge in [0, 0.05) is 11.6 Å². The Morgan fingerprint density at radius 2 is 1.83 bits per heavy atom. The fourth-order valence-electron chi connectivity index (χ4n) is 3.04. The molecule has 1 saturated carbocycles. The first-order chi connectivity index (χ1) is 14.4. The van der Waals surface area contributed by atoms with Crippen molar-refractivity contribution in [1.82, 2.24) is 25.0 Å². The zero-order valence-electron chi connectivity index (χ0n) is 15.2. The van der Waals surface area contributed by atoms with Crippen LogP contribution in [0.15, 0.2) is 32.6 Å². The molecule has 0 aliphatic heterocycles. The van der Waals surface area contributed by atoms with Crippen molar-refractivity contribution in [2.45, 2.75) is 31.9 Å². The number of hydrogen-bond donors (Lipinski definition) is 2. The molecule has 0 radical (unpaired) electrons. The molecule has 0 atom stereocenters. The van der Waals surface area contributed by atoms with E-state index in [2.05, 4.69) is 15.3 Å². The number of nitrogens with zero attached hydrogens (tertiary/aromatic N) is 3. The third-order valence-electron chi connectivity index (χ3n) is 4.81. The van der Waals surface area contributed by atoms with Gasteiger partial charge in [0.25, 0.3) is 11.1 Å². The molecule has 1 aliphatic carbocycles. The predicted octanol–water partition coefficient (Wildman–Crippen LogP) is 2.84. The summed E-state index contributed by atoms with van der Waals surface area (Å²) in [5, 5.41) is 9.97. The summed E-state index contributed by atoms with van der Waals surface area (Å²) in [6.07, 6.45) is 2.90. The molecule has 1 aliphatic rings. The zero-order valence-corrected chi connectivity index (χ0v) is 16.8. The standard InChI is InChI=1S/C18H14Cl2FN5O4/c19-11-4-9(26-18(29)22-17(28)13(7-21)25-26)5-12(20)15(11)30-14-6-10(8-2-1-3-8)16(27)24-23-14/h4-6,8H,1-3,7H2,(H,24,27)(H,22,28,29). The van der Waals surface area contributed by atoms with Crippen molar-refractivity contribution in [1.29, 1.82) is 0 Å². The van der Waals surface area contributed by atoms with E-state index in [4.69, 9.17) is 27.9 Å². The van der Waals surface area contributed by atoms with Gasteiger partial charge in [-0.2, -0.15) is 9.78 Å². The van der Waals surface area contributed by atoms with Gasteiger partial charge >= 0.3 is 5.69 Å². The average molecular weight is 454 g/mol. The van der Waals surface area contributed by atoms with Crippen LogP contribution in [-0.2, 0) is 6.67 Å². The van der Waals surface area contributed by atoms with Gasteiger partial charge in [0.15, 0.2) is 11.4 Å². The van der Waals surface area contributed by atoms with Crippen LogP contribution in [0.5, 0.6) is 11.6 Å². The monoisotopic (exact) mass is 453 g/mol. The van der Waals surface area contributed by atoms with Gasteiger partial charge in [-0.1, -0.05) is 29.6 Å². The van der Waals surface area contributed by atoms with Crippen LogP contribution < -0.4 is 21.5 Å². The topological polar surface area (TPSA) is 123 Å². The molecule has 0 spiro atoms. The smallest absolute Gasteiger partial charge is 0.349 e. The second-order valence-electron chi connectivity index (χ2n) is 6.71. The van der Waals surface area contributed by atoms with Gasteiger partial charge < -0.3 is 4.74 Å². The Hall–Kier alpha value is -2.98. The first-order valence-electron chi connectivity index (χ1n) is 8.92. The molecule has 12 heteroatoms. The number of H-pyrrole nitrogens is 2. The number of ether oxygens (including phenoxy) is 1. The molecule has 2 heterocycles. The van der Waals surface area contributed by atoms with Crippen LogP contribution in [0.3, 0.4) is 0 Å². The van der Waals surface area contributed by atoms with E-state index in [1.165, 1.54) is 12.1 Å². The Balaban J connectivity index is 1.70. The largest absolute Gasteiger partial charge is 0.434 e. The lowest BCUT2D eigenvalue weighted by Gasteiger charge is -2.24. The van der Waals surface area contributed by atoms with Gasteiger partial charge in [0.1, 0.15) is 6.67 Å². The number of halogens is 3. The molecule has 4 rings (SSSR count). The highest BCUT2D eigenvalue weighted by Crippen LogP contribution is 2.39. The number of aromatic amines is 2. The van der Waals surface area contributed by atoms with Crippen LogP contribution in [0.25, 0.3) is 5.69 Å². The van der Waals surface area contributed by atoms with E-state index in [-0.39, 0.29) is 38.8 Å². The summed E-state index contributed by atoms with van der Waals surface area (Å²) < 4.78 is 19.4. The van der Waals surface area contributed by atoms with Crippen molar-refractivity contribution in [3.8, 4) is 17.3 Å². The third-order valence-corrected chi connectivity index (χ3v) is 5.37. The molecular weight excluding hydrogens is 440 g/mol. The van der Waals surface area contributed by atoms with E-state index in [1.807, 2.05) is 4.98 Å². The summed E-state index contributed by atoms with van der Waals surface area (Å²) in [6, 6.07) is 4.18. The maximum atomic E-state index is 12.9. The second-order valence-corrected chi connectivity index (χ2v) is 7.52. The first-order valence-corrected chi connectivity index (χ1v) is 9.68. The Morgan fingerprint density at radius 3 is 2.43 bits per heavy atom. The predicted molar refractivity (Wildman–Crippen MR) is 107 cm³/mol. The normalized spacial score (nSPS) is 13.8. The second kappa shape index (κ2) is 8.04. The number of hydrogen-bond acceptors (Lipinski definition) is 6. The van der Waals surface area contributed by atoms with Crippen LogP contribution in [0.1, 0.15) is 36.4 Å². The SMILES string of the molecule is O=c1[nH]nc(Oc2c(Cl)cc(-n3nc(CF)c(=O)[nH]c3=O)cc2Cl)cc1C1CCC1. The molecule has 0 bridgehead atoms. The van der Waals surface area contributed by atoms with Crippen molar-refractivity contribution in [2.24, 2.45) is 0 Å². The summed E-state index contributed by atoms with van der Waals surface area (Å²) in [5.41, 5.74) is -1.86. The van der Waals surface area contributed by atoms with Gasteiger partial charge in [-0.3, -0.25) is 14.6 Å². The Kier molecular flexibility index (Phi) is 5.44. The molecule has 0 unspecified atom stereocenters. The molecule has 3 aromatic rings. The quantitative estimate of drug-likeness (QED) is 0.612. The van der Waals surface area contributed by atoms with Crippen molar-refractivity contribution < 1.29 is 9.13 Å². The lowest BCUT2D eigenvalue weighted by atomic mass is 9.81. The van der Waals surface area contributed by atoms with E-state index < -0.39 is 23.6 Å². The Bertz CT molecular complexity index is 1280. The molecule has 0 saturated heterocycles. The maximum absolute atomic E-state index is 12.9. The Morgan fingerprint density at radius 1 is 1.13 bits per heavy atom. The van der Waals surface area contributed by atoms with Crippen molar-refractivity contribution >= 4 is 23.2 Å². The average Bonchev–Trinajstić information content (AvgIpc) is 2.65. The van der Waals surface area contributed by atoms with Gasteiger partial charge in [0.2, 0.25) is 5.88 Å². The minimum absolute atomic E-state index is 0.0115. The molecule has 2 aromatic heterocycles. The molecule has 0 amide bonds. The number of alkyl halides is 1. The summed E-state index contributed by atoms with van der Waals surface area (Å²) in [4.78, 5) is 37.5. The van der Waals surface area contributed by atoms with Gasteiger partial charge in [-0.15, -0.1) is 5.10 Å². The number of nitrogens with one attached hydrogen (secondary N) is 2. The lowest BCUT2D eigenvalue weighted by Crippen LogP contribution is -2.33. The molecule has 156 valence electrons. The van der Waals surface area contributed by atoms with Crippen molar-refractivity contribution in [3.05, 3.63) is 70.7 Å². The van der Waals surface area contributed by atoms with Gasteiger partial charge in [0.05, 0.1) is 15.7 Å².